The Labute approximate surface area is 217 Å². The van der Waals surface area contributed by atoms with Gasteiger partial charge in [0.2, 0.25) is 0 Å². The molecule has 1 N–H and O–H groups in total. The quantitative estimate of drug-likeness (QED) is 0.384. The number of nitrogens with one attached hydrogen (secondary N) is 1. The molecule has 2 aromatic rings. The zero-order valence-electron chi connectivity index (χ0n) is 21.9. The number of nitrogens with zero attached hydrogens (tertiary/aromatic N) is 2. The van der Waals surface area contributed by atoms with E-state index in [2.05, 4.69) is 79.5 Å². The van der Waals surface area contributed by atoms with Crippen LogP contribution in [0.4, 0.5) is 5.82 Å². The van der Waals surface area contributed by atoms with Crippen LogP contribution in [0.25, 0.3) is 0 Å². The molecule has 0 bridgehead atoms. The number of carbonyl (C=O) groups is 1. The zero-order chi connectivity index (χ0) is 25.2. The number of esters is 1. The maximum atomic E-state index is 11.8. The topological polar surface area (TPSA) is 73.3 Å². The third-order valence-electron chi connectivity index (χ3n) is 7.86. The average molecular weight is 558 g/mol. The number of aryl methyl sites for hydroxylation is 1. The van der Waals surface area contributed by atoms with Gasteiger partial charge in [0.1, 0.15) is 0 Å². The van der Waals surface area contributed by atoms with Crippen molar-refractivity contribution in [1.82, 2.24) is 9.97 Å². The minimum absolute atomic E-state index is 0.0295. The summed E-state index contributed by atoms with van der Waals surface area (Å²) in [6, 6.07) is 11.0. The molecular formula is C27H40AsN3O3Si. The van der Waals surface area contributed by atoms with E-state index in [1.54, 1.807) is 6.33 Å². The van der Waals surface area contributed by atoms with E-state index < -0.39 is 24.1 Å². The van der Waals surface area contributed by atoms with Crippen LogP contribution in [0.1, 0.15) is 62.8 Å². The van der Waals surface area contributed by atoms with E-state index in [0.717, 1.165) is 25.3 Å². The second-order valence-corrected chi connectivity index (χ2v) is 19.5. The van der Waals surface area contributed by atoms with Crippen LogP contribution in [-0.2, 0) is 20.4 Å². The van der Waals surface area contributed by atoms with Gasteiger partial charge in [-0.15, -0.1) is 0 Å². The van der Waals surface area contributed by atoms with E-state index in [-0.39, 0.29) is 23.2 Å². The minimum atomic E-state index is -1.82. The van der Waals surface area contributed by atoms with Gasteiger partial charge in [0.25, 0.3) is 0 Å². The van der Waals surface area contributed by atoms with Gasteiger partial charge in [0.05, 0.1) is 0 Å². The molecule has 2 aliphatic carbocycles. The Balaban J connectivity index is 1.41. The monoisotopic (exact) mass is 557 g/mol. The number of carbonyl (C=O) groups excluding carboxylic acids is 1. The summed E-state index contributed by atoms with van der Waals surface area (Å²) in [6.45, 7) is 13.6. The fraction of sp³-hybridized carbons (Fsp3) is 0.593. The first-order chi connectivity index (χ1) is 16.5. The summed E-state index contributed by atoms with van der Waals surface area (Å²) in [4.78, 5) is 20.9. The Kier molecular flexibility index (Phi) is 8.09. The van der Waals surface area contributed by atoms with Gasteiger partial charge in [-0.1, -0.05) is 0 Å². The van der Waals surface area contributed by atoms with E-state index >= 15 is 0 Å². The van der Waals surface area contributed by atoms with Crippen molar-refractivity contribution < 1.29 is 14.0 Å². The second-order valence-electron chi connectivity index (χ2n) is 11.5. The van der Waals surface area contributed by atoms with Crippen molar-refractivity contribution in [3.8, 4) is 0 Å². The molecule has 190 valence electrons. The zero-order valence-corrected chi connectivity index (χ0v) is 25.0. The molecule has 35 heavy (non-hydrogen) atoms. The number of hydrogen-bond donors (Lipinski definition) is 1. The molecule has 8 heteroatoms. The van der Waals surface area contributed by atoms with Crippen LogP contribution >= 0.6 is 0 Å². The van der Waals surface area contributed by atoms with E-state index in [0.29, 0.717) is 10.6 Å². The van der Waals surface area contributed by atoms with Crippen LogP contribution in [0.2, 0.25) is 18.1 Å². The molecule has 1 fully saturated rings. The molecule has 5 atom stereocenters. The molecule has 0 amide bonds. The first-order valence-electron chi connectivity index (χ1n) is 12.8. The first kappa shape index (κ1) is 26.4. The molecule has 4 rings (SSSR count). The van der Waals surface area contributed by atoms with Gasteiger partial charge < -0.3 is 0 Å². The Morgan fingerprint density at radius 1 is 1.20 bits per heavy atom. The SMILES string of the molecule is CC(=O)OC1CC(CO[Si](C)(C)C(C)(C)C)CC1Nc1cc([AsH]C2CCc3ccccc32)ncn1. The van der Waals surface area contributed by atoms with E-state index in [4.69, 9.17) is 9.16 Å². The third-order valence-corrected chi connectivity index (χ3v) is 15.5. The fourth-order valence-corrected chi connectivity index (χ4v) is 8.96. The normalized spacial score (nSPS) is 24.6. The van der Waals surface area contributed by atoms with Gasteiger partial charge >= 0.3 is 218 Å². The number of fused-ring (bicyclic) bond motifs is 1. The van der Waals surface area contributed by atoms with E-state index in [1.807, 2.05) is 0 Å². The van der Waals surface area contributed by atoms with Gasteiger partial charge in [0.15, 0.2) is 0 Å². The second kappa shape index (κ2) is 10.7. The van der Waals surface area contributed by atoms with Crippen LogP contribution in [-0.4, -0.2) is 58.8 Å². The van der Waals surface area contributed by atoms with Crippen LogP contribution in [0.5, 0.6) is 0 Å². The summed E-state index contributed by atoms with van der Waals surface area (Å²) in [5.74, 6) is 0.955. The Morgan fingerprint density at radius 2 is 1.97 bits per heavy atom. The predicted octanol–water partition coefficient (Wildman–Crippen LogP) is 4.37. The number of anilines is 1. The van der Waals surface area contributed by atoms with Gasteiger partial charge in [-0.25, -0.2) is 0 Å². The Hall–Kier alpha value is -1.69. The standard InChI is InChI=1S/C27H40AsN3O3Si/c1-18(32)34-24-14-19(16-33-35(5,6)27(2,3)4)13-23(24)31-26-15-25(29-17-30-26)28-22-12-11-20-9-7-8-10-21(20)22/h7-10,15,17,19,22-24,28H,11-14,16H2,1-6H3,(H,29,30,31). The molecule has 1 aromatic carbocycles. The molecule has 1 heterocycles. The Bertz CT molecular complexity index is 1040. The Morgan fingerprint density at radius 3 is 2.71 bits per heavy atom. The molecular weight excluding hydrogens is 517 g/mol. The molecule has 0 radical (unpaired) electrons. The summed E-state index contributed by atoms with van der Waals surface area (Å²) in [7, 11) is -1.82. The van der Waals surface area contributed by atoms with Crippen LogP contribution in [0, 0.1) is 5.92 Å². The fourth-order valence-electron chi connectivity index (χ4n) is 4.86. The van der Waals surface area contributed by atoms with Crippen molar-refractivity contribution >= 4 is 40.3 Å². The predicted molar refractivity (Wildman–Crippen MR) is 145 cm³/mol. The number of aromatic nitrogens is 2. The van der Waals surface area contributed by atoms with Gasteiger partial charge in [-0.2, -0.15) is 0 Å². The molecule has 1 aromatic heterocycles. The van der Waals surface area contributed by atoms with Crippen molar-refractivity contribution in [2.45, 2.75) is 88.4 Å². The molecule has 0 aliphatic heterocycles. The summed E-state index contributed by atoms with van der Waals surface area (Å²) >= 11 is -0.419. The third kappa shape index (κ3) is 6.55. The van der Waals surface area contributed by atoms with Gasteiger partial charge in [0, 0.05) is 0 Å². The van der Waals surface area contributed by atoms with Crippen molar-refractivity contribution in [3.05, 3.63) is 47.8 Å². The number of benzene rings is 1. The molecule has 0 saturated heterocycles. The van der Waals surface area contributed by atoms with Crippen LogP contribution in [0.3, 0.4) is 0 Å². The van der Waals surface area contributed by atoms with Gasteiger partial charge in [-0.3, -0.25) is 0 Å². The number of hydrogen-bond acceptors (Lipinski definition) is 6. The summed E-state index contributed by atoms with van der Waals surface area (Å²) in [5, 5.41) is 3.77. The summed E-state index contributed by atoms with van der Waals surface area (Å²) < 4.78 is 14.0. The van der Waals surface area contributed by atoms with Crippen molar-refractivity contribution in [2.24, 2.45) is 5.92 Å². The van der Waals surface area contributed by atoms with Crippen LogP contribution < -0.4 is 9.80 Å². The first-order valence-corrected chi connectivity index (χ1v) is 17.9. The van der Waals surface area contributed by atoms with Crippen molar-refractivity contribution in [3.63, 3.8) is 0 Å². The number of ether oxygens (including phenoxy) is 1. The van der Waals surface area contributed by atoms with Crippen molar-refractivity contribution in [1.29, 1.82) is 0 Å². The number of rotatable bonds is 8. The van der Waals surface area contributed by atoms with Gasteiger partial charge in [-0.05, 0) is 0 Å². The van der Waals surface area contributed by atoms with E-state index in [9.17, 15) is 4.79 Å². The molecule has 1 saturated carbocycles. The van der Waals surface area contributed by atoms with Crippen LogP contribution in [0.15, 0.2) is 36.7 Å². The molecule has 5 unspecified atom stereocenters. The molecule has 0 spiro atoms. The molecule has 6 nitrogen and oxygen atoms in total. The molecule has 2 aliphatic rings. The summed E-state index contributed by atoms with van der Waals surface area (Å²) in [5.41, 5.74) is 3.01. The maximum absolute atomic E-state index is 11.8. The van der Waals surface area contributed by atoms with E-state index in [1.165, 1.54) is 35.4 Å². The average Bonchev–Trinajstić information content (AvgIpc) is 3.35. The summed E-state index contributed by atoms with van der Waals surface area (Å²) in [6.07, 6.45) is 5.62. The van der Waals surface area contributed by atoms with Crippen molar-refractivity contribution in [2.75, 3.05) is 11.9 Å².